The first kappa shape index (κ1) is 34.9. The van der Waals surface area contributed by atoms with Gasteiger partial charge in [-0.15, -0.1) is 0 Å². The van der Waals surface area contributed by atoms with Crippen molar-refractivity contribution in [3.05, 3.63) is 23.1 Å². The Balaban J connectivity index is 1.38. The molecule has 0 aromatic rings. The van der Waals surface area contributed by atoms with Crippen molar-refractivity contribution in [2.45, 2.75) is 142 Å². The van der Waals surface area contributed by atoms with Gasteiger partial charge in [0, 0.05) is 26.2 Å². The molecule has 2 saturated heterocycles. The molecular formula is C32H54B2N2O8. The van der Waals surface area contributed by atoms with Crippen LogP contribution in [0.25, 0.3) is 0 Å². The maximum Gasteiger partial charge on any atom is 0.492 e. The topological polar surface area (TPSA) is 96.0 Å². The molecule has 0 radical (unpaired) electrons. The van der Waals surface area contributed by atoms with Crippen LogP contribution in [0.15, 0.2) is 23.1 Å². The molecule has 2 amide bonds. The zero-order valence-electron chi connectivity index (χ0n) is 29.1. The number of hydrogen-bond acceptors (Lipinski definition) is 8. The van der Waals surface area contributed by atoms with Gasteiger partial charge in [0.05, 0.1) is 22.4 Å². The smallest absolute Gasteiger partial charge is 0.444 e. The van der Waals surface area contributed by atoms with Gasteiger partial charge in [0.15, 0.2) is 0 Å². The second-order valence-corrected chi connectivity index (χ2v) is 16.0. The first-order valence-electron chi connectivity index (χ1n) is 16.1. The minimum atomic E-state index is -0.606. The molecule has 0 aliphatic carbocycles. The highest BCUT2D eigenvalue weighted by Gasteiger charge is 2.59. The lowest BCUT2D eigenvalue weighted by molar-refractivity contribution is -0.0576. The lowest BCUT2D eigenvalue weighted by Gasteiger charge is -2.42. The molecule has 4 aliphatic rings. The van der Waals surface area contributed by atoms with Crippen LogP contribution in [-0.4, -0.2) is 96.0 Å². The average molecular weight is 616 g/mol. The Hall–Kier alpha value is -2.01. The van der Waals surface area contributed by atoms with Crippen LogP contribution in [-0.2, 0) is 28.1 Å². The fraction of sp³-hybridized carbons (Fsp3) is 0.812. The van der Waals surface area contributed by atoms with Crippen molar-refractivity contribution < 1.29 is 37.7 Å². The van der Waals surface area contributed by atoms with Crippen LogP contribution >= 0.6 is 0 Å². The summed E-state index contributed by atoms with van der Waals surface area (Å²) in [6, 6.07) is 0. The molecule has 4 rings (SSSR count). The lowest BCUT2D eigenvalue weighted by atomic mass is 9.74. The predicted molar refractivity (Wildman–Crippen MR) is 171 cm³/mol. The molecule has 4 aliphatic heterocycles. The highest BCUT2D eigenvalue weighted by molar-refractivity contribution is 6.55. The number of rotatable bonds is 5. The normalized spacial score (nSPS) is 29.0. The van der Waals surface area contributed by atoms with Gasteiger partial charge in [-0.2, -0.15) is 0 Å². The molecule has 44 heavy (non-hydrogen) atoms. The Morgan fingerprint density at radius 3 is 1.66 bits per heavy atom. The summed E-state index contributed by atoms with van der Waals surface area (Å²) in [5.41, 5.74) is -1.42. The maximum absolute atomic E-state index is 12.8. The van der Waals surface area contributed by atoms with E-state index in [2.05, 4.69) is 47.6 Å². The average Bonchev–Trinajstić information content (AvgIpc) is 3.28. The van der Waals surface area contributed by atoms with Gasteiger partial charge in [-0.3, -0.25) is 0 Å². The van der Waals surface area contributed by atoms with Gasteiger partial charge in [0.25, 0.3) is 0 Å². The molecule has 0 N–H and O–H groups in total. The predicted octanol–water partition coefficient (Wildman–Crippen LogP) is 6.12. The molecule has 246 valence electrons. The van der Waals surface area contributed by atoms with Gasteiger partial charge in [-0.1, -0.05) is 12.2 Å². The third-order valence-corrected chi connectivity index (χ3v) is 9.50. The summed E-state index contributed by atoms with van der Waals surface area (Å²) in [6.07, 6.45) is 6.28. The first-order valence-corrected chi connectivity index (χ1v) is 16.1. The second-order valence-electron chi connectivity index (χ2n) is 16.0. The van der Waals surface area contributed by atoms with E-state index >= 15 is 0 Å². The van der Waals surface area contributed by atoms with Crippen molar-refractivity contribution in [2.24, 2.45) is 0 Å². The monoisotopic (exact) mass is 616 g/mol. The van der Waals surface area contributed by atoms with Gasteiger partial charge >= 0.3 is 26.4 Å². The third-order valence-electron chi connectivity index (χ3n) is 9.50. The van der Waals surface area contributed by atoms with E-state index in [0.29, 0.717) is 45.4 Å². The summed E-state index contributed by atoms with van der Waals surface area (Å²) in [6.45, 7) is 25.7. The van der Waals surface area contributed by atoms with Gasteiger partial charge < -0.3 is 37.9 Å². The molecule has 10 nitrogen and oxygen atoms in total. The quantitative estimate of drug-likeness (QED) is 0.341. The van der Waals surface area contributed by atoms with Crippen molar-refractivity contribution in [3.63, 3.8) is 0 Å². The van der Waals surface area contributed by atoms with Gasteiger partial charge in [-0.05, 0) is 120 Å². The summed E-state index contributed by atoms with van der Waals surface area (Å²) in [5.74, 6) is 0. The van der Waals surface area contributed by atoms with E-state index in [1.807, 2.05) is 47.6 Å². The van der Waals surface area contributed by atoms with Crippen molar-refractivity contribution in [1.82, 2.24) is 9.80 Å². The zero-order chi connectivity index (χ0) is 32.9. The molecule has 2 atom stereocenters. The van der Waals surface area contributed by atoms with Crippen LogP contribution in [0, 0.1) is 0 Å². The van der Waals surface area contributed by atoms with Crippen LogP contribution in [0.5, 0.6) is 0 Å². The van der Waals surface area contributed by atoms with E-state index in [4.69, 9.17) is 28.1 Å². The summed E-state index contributed by atoms with van der Waals surface area (Å²) in [4.78, 5) is 28.7. The summed E-state index contributed by atoms with van der Waals surface area (Å²) in [7, 11) is -1.02. The Bertz CT molecular complexity index is 1170. The minimum Gasteiger partial charge on any atom is -0.444 e. The van der Waals surface area contributed by atoms with Crippen molar-refractivity contribution in [2.75, 3.05) is 26.2 Å². The van der Waals surface area contributed by atoms with E-state index in [9.17, 15) is 9.59 Å². The lowest BCUT2D eigenvalue weighted by Crippen LogP contribution is -2.50. The Morgan fingerprint density at radius 1 is 0.727 bits per heavy atom. The van der Waals surface area contributed by atoms with Crippen LogP contribution in [0.1, 0.15) is 109 Å². The Morgan fingerprint density at radius 2 is 1.20 bits per heavy atom. The highest BCUT2D eigenvalue weighted by atomic mass is 16.7. The molecule has 2 unspecified atom stereocenters. The molecule has 0 spiro atoms. The molecule has 0 saturated carbocycles. The van der Waals surface area contributed by atoms with E-state index in [0.717, 1.165) is 17.4 Å². The van der Waals surface area contributed by atoms with Crippen molar-refractivity contribution in [3.8, 4) is 0 Å². The molecule has 0 bridgehead atoms. The molecule has 4 heterocycles. The van der Waals surface area contributed by atoms with E-state index in [-0.39, 0.29) is 12.2 Å². The largest absolute Gasteiger partial charge is 0.492 e. The number of ether oxygens (including phenoxy) is 2. The second kappa shape index (κ2) is 12.0. The summed E-state index contributed by atoms with van der Waals surface area (Å²) in [5, 5.41) is 0. The fourth-order valence-corrected chi connectivity index (χ4v) is 5.90. The molecular weight excluding hydrogens is 562 g/mol. The molecule has 12 heteroatoms. The summed E-state index contributed by atoms with van der Waals surface area (Å²) >= 11 is 0. The minimum absolute atomic E-state index is 0.305. The molecule has 2 fully saturated rings. The van der Waals surface area contributed by atoms with Gasteiger partial charge in [-0.25, -0.2) is 9.59 Å². The number of nitrogens with zero attached hydrogens (tertiary/aromatic N) is 2. The van der Waals surface area contributed by atoms with E-state index in [1.165, 1.54) is 0 Å². The van der Waals surface area contributed by atoms with Crippen LogP contribution in [0.2, 0.25) is 0 Å². The fourth-order valence-electron chi connectivity index (χ4n) is 5.90. The zero-order valence-corrected chi connectivity index (χ0v) is 29.1. The molecule has 0 aromatic carbocycles. The number of hydrogen-bond donors (Lipinski definition) is 0. The first-order chi connectivity index (χ1) is 20.0. The van der Waals surface area contributed by atoms with Crippen LogP contribution < -0.4 is 0 Å². The Labute approximate surface area is 265 Å². The number of carbonyl (C=O) groups excluding carboxylic acids is 2. The van der Waals surface area contributed by atoms with Crippen LogP contribution in [0.4, 0.5) is 9.59 Å². The SMILES string of the molecule is CC(C)(C)OC(=O)N1CC=C(B2OC(C)(C)C(C)(CCC3(C)OB(C4=CCCN(C(=O)OC(C)(C)C)C4)OC3(C)C)O2)CC1. The Kier molecular flexibility index (Phi) is 9.49. The van der Waals surface area contributed by atoms with Gasteiger partial charge in [0.2, 0.25) is 0 Å². The summed E-state index contributed by atoms with van der Waals surface area (Å²) < 4.78 is 37.5. The maximum atomic E-state index is 12.8. The van der Waals surface area contributed by atoms with E-state index in [1.54, 1.807) is 9.80 Å². The van der Waals surface area contributed by atoms with Gasteiger partial charge in [0.1, 0.15) is 11.2 Å². The molecule has 0 aromatic heterocycles. The standard InChI is InChI=1S/C32H54B2N2O8/c1-27(2,3)39-25(37)35-20-15-23(16-21-35)33-41-29(7,8)31(11,43-33)17-18-32(12)30(9,10)42-34(44-32)24-14-13-19-36(22-24)26(38)40-28(4,5)6/h14-15H,13,16-22H2,1-12H3. The number of amides is 2. The van der Waals surface area contributed by atoms with Crippen molar-refractivity contribution >= 4 is 26.4 Å². The third kappa shape index (κ3) is 7.68. The highest BCUT2D eigenvalue weighted by Crippen LogP contribution is 2.48. The van der Waals surface area contributed by atoms with E-state index < -0.39 is 47.8 Å². The van der Waals surface area contributed by atoms with Crippen molar-refractivity contribution in [1.29, 1.82) is 0 Å². The number of carbonyl (C=O) groups is 2. The van der Waals surface area contributed by atoms with Crippen LogP contribution in [0.3, 0.4) is 0 Å².